The predicted octanol–water partition coefficient (Wildman–Crippen LogP) is 2.83. The summed E-state index contributed by atoms with van der Waals surface area (Å²) in [5.74, 6) is 0.868. The van der Waals surface area contributed by atoms with E-state index in [-0.39, 0.29) is 17.7 Å². The highest BCUT2D eigenvalue weighted by molar-refractivity contribution is 5.88. The van der Waals surface area contributed by atoms with Crippen LogP contribution in [0.2, 0.25) is 0 Å². The van der Waals surface area contributed by atoms with Gasteiger partial charge in [-0.3, -0.25) is 9.59 Å². The zero-order chi connectivity index (χ0) is 12.7. The third-order valence-corrected chi connectivity index (χ3v) is 3.71. The molecule has 17 heavy (non-hydrogen) atoms. The second-order valence-corrected chi connectivity index (χ2v) is 5.15. The van der Waals surface area contributed by atoms with Gasteiger partial charge in [0.2, 0.25) is 5.91 Å². The fraction of sp³-hybridized carbons (Fsp3) is 0.857. The highest BCUT2D eigenvalue weighted by atomic mass is 16.2. The maximum Gasteiger partial charge on any atom is 0.220 e. The molecular formula is C14H25NO2. The average Bonchev–Trinajstić information content (AvgIpc) is 2.36. The quantitative estimate of drug-likeness (QED) is 0.774. The van der Waals surface area contributed by atoms with Gasteiger partial charge >= 0.3 is 0 Å². The van der Waals surface area contributed by atoms with Crippen LogP contribution in [0.3, 0.4) is 0 Å². The van der Waals surface area contributed by atoms with Crippen LogP contribution in [0.15, 0.2) is 0 Å². The van der Waals surface area contributed by atoms with Crippen LogP contribution in [0.1, 0.15) is 65.2 Å². The van der Waals surface area contributed by atoms with E-state index < -0.39 is 0 Å². The van der Waals surface area contributed by atoms with Gasteiger partial charge in [0.15, 0.2) is 5.78 Å². The highest BCUT2D eigenvalue weighted by Gasteiger charge is 2.17. The van der Waals surface area contributed by atoms with Crippen molar-refractivity contribution in [3.05, 3.63) is 0 Å². The molecule has 1 aliphatic carbocycles. The number of hydrogen-bond donors (Lipinski definition) is 1. The molecule has 98 valence electrons. The van der Waals surface area contributed by atoms with E-state index in [2.05, 4.69) is 5.32 Å². The van der Waals surface area contributed by atoms with E-state index in [9.17, 15) is 9.59 Å². The van der Waals surface area contributed by atoms with Gasteiger partial charge in [0.1, 0.15) is 0 Å². The van der Waals surface area contributed by atoms with Gasteiger partial charge in [-0.1, -0.05) is 39.0 Å². The van der Waals surface area contributed by atoms with E-state index in [1.54, 1.807) is 6.92 Å². The van der Waals surface area contributed by atoms with E-state index in [4.69, 9.17) is 0 Å². The summed E-state index contributed by atoms with van der Waals surface area (Å²) in [5.41, 5.74) is 0. The number of carbonyl (C=O) groups is 2. The number of amides is 1. The Kier molecular flexibility index (Phi) is 6.23. The first-order chi connectivity index (χ1) is 8.13. The molecule has 0 bridgehead atoms. The minimum atomic E-state index is -0.321. The van der Waals surface area contributed by atoms with Gasteiger partial charge in [-0.25, -0.2) is 0 Å². The summed E-state index contributed by atoms with van der Waals surface area (Å²) < 4.78 is 0. The zero-order valence-corrected chi connectivity index (χ0v) is 11.1. The minimum Gasteiger partial charge on any atom is -0.347 e. The van der Waals surface area contributed by atoms with Crippen LogP contribution in [0.5, 0.6) is 0 Å². The maximum absolute atomic E-state index is 11.7. The second kappa shape index (κ2) is 7.46. The van der Waals surface area contributed by atoms with Crippen molar-refractivity contribution in [1.29, 1.82) is 0 Å². The van der Waals surface area contributed by atoms with Crippen molar-refractivity contribution in [2.75, 3.05) is 0 Å². The summed E-state index contributed by atoms with van der Waals surface area (Å²) in [5, 5.41) is 2.78. The van der Waals surface area contributed by atoms with E-state index in [1.807, 2.05) is 6.92 Å². The SMILES string of the molecule is CCC(=O)C(C)NC(=O)CCC1CCCCC1. The molecule has 0 saturated heterocycles. The monoisotopic (exact) mass is 239 g/mol. The van der Waals surface area contributed by atoms with Gasteiger partial charge in [-0.15, -0.1) is 0 Å². The first-order valence-corrected chi connectivity index (χ1v) is 6.95. The summed E-state index contributed by atoms with van der Waals surface area (Å²) in [6.45, 7) is 3.59. The van der Waals surface area contributed by atoms with Crippen molar-refractivity contribution < 1.29 is 9.59 Å². The number of hydrogen-bond acceptors (Lipinski definition) is 2. The molecule has 0 heterocycles. The van der Waals surface area contributed by atoms with Gasteiger partial charge in [-0.2, -0.15) is 0 Å². The fourth-order valence-corrected chi connectivity index (χ4v) is 2.51. The zero-order valence-electron chi connectivity index (χ0n) is 11.1. The Labute approximate surface area is 104 Å². The first kappa shape index (κ1) is 14.2. The van der Waals surface area contributed by atoms with Crippen LogP contribution in [0.4, 0.5) is 0 Å². The van der Waals surface area contributed by atoms with Gasteiger partial charge in [-0.05, 0) is 19.3 Å². The molecule has 1 N–H and O–H groups in total. The topological polar surface area (TPSA) is 46.2 Å². The van der Waals surface area contributed by atoms with Gasteiger partial charge < -0.3 is 5.32 Å². The second-order valence-electron chi connectivity index (χ2n) is 5.15. The first-order valence-electron chi connectivity index (χ1n) is 6.95. The molecular weight excluding hydrogens is 214 g/mol. The molecule has 3 nitrogen and oxygen atoms in total. The Morgan fingerprint density at radius 1 is 1.24 bits per heavy atom. The van der Waals surface area contributed by atoms with E-state index in [0.29, 0.717) is 12.8 Å². The number of Topliss-reactive ketones (excluding diaryl/α,β-unsaturated/α-hetero) is 1. The summed E-state index contributed by atoms with van der Waals surface area (Å²) in [7, 11) is 0. The number of ketones is 1. The minimum absolute atomic E-state index is 0.0323. The fourth-order valence-electron chi connectivity index (χ4n) is 2.51. The number of rotatable bonds is 6. The molecule has 1 aliphatic rings. The van der Waals surface area contributed by atoms with Crippen LogP contribution in [-0.2, 0) is 9.59 Å². The highest BCUT2D eigenvalue weighted by Crippen LogP contribution is 2.27. The average molecular weight is 239 g/mol. The Bertz CT molecular complexity index is 257. The van der Waals surface area contributed by atoms with E-state index >= 15 is 0 Å². The molecule has 0 aromatic carbocycles. The molecule has 1 rings (SSSR count). The molecule has 0 spiro atoms. The van der Waals surface area contributed by atoms with Gasteiger partial charge in [0.25, 0.3) is 0 Å². The summed E-state index contributed by atoms with van der Waals surface area (Å²) in [4.78, 5) is 23.0. The largest absolute Gasteiger partial charge is 0.347 e. The Morgan fingerprint density at radius 2 is 1.88 bits per heavy atom. The smallest absolute Gasteiger partial charge is 0.220 e. The van der Waals surface area contributed by atoms with Crippen LogP contribution >= 0.6 is 0 Å². The number of nitrogens with one attached hydrogen (secondary N) is 1. The molecule has 1 fully saturated rings. The molecule has 1 amide bonds. The standard InChI is InChI=1S/C14H25NO2/c1-3-13(16)11(2)15-14(17)10-9-12-7-5-4-6-8-12/h11-12H,3-10H2,1-2H3,(H,15,17). The molecule has 1 saturated carbocycles. The lowest BCUT2D eigenvalue weighted by atomic mass is 9.86. The Balaban J connectivity index is 2.18. The lowest BCUT2D eigenvalue weighted by molar-refractivity contribution is -0.127. The van der Waals surface area contributed by atoms with Gasteiger partial charge in [0.05, 0.1) is 6.04 Å². The summed E-state index contributed by atoms with van der Waals surface area (Å²) >= 11 is 0. The summed E-state index contributed by atoms with van der Waals surface area (Å²) in [6, 6.07) is -0.321. The molecule has 3 heteroatoms. The third-order valence-electron chi connectivity index (χ3n) is 3.71. The molecule has 1 atom stereocenters. The molecule has 0 aliphatic heterocycles. The lowest BCUT2D eigenvalue weighted by Crippen LogP contribution is -2.38. The lowest BCUT2D eigenvalue weighted by Gasteiger charge is -2.21. The molecule has 1 unspecified atom stereocenters. The van der Waals surface area contributed by atoms with Crippen LogP contribution in [0, 0.1) is 5.92 Å². The van der Waals surface area contributed by atoms with Crippen molar-refractivity contribution >= 4 is 11.7 Å². The van der Waals surface area contributed by atoms with Crippen molar-refractivity contribution in [2.45, 2.75) is 71.3 Å². The van der Waals surface area contributed by atoms with Crippen molar-refractivity contribution in [3.8, 4) is 0 Å². The van der Waals surface area contributed by atoms with Crippen molar-refractivity contribution in [1.82, 2.24) is 5.32 Å². The Morgan fingerprint density at radius 3 is 2.47 bits per heavy atom. The van der Waals surface area contributed by atoms with Crippen LogP contribution in [0.25, 0.3) is 0 Å². The maximum atomic E-state index is 11.7. The molecule has 0 aromatic heterocycles. The Hall–Kier alpha value is -0.860. The van der Waals surface area contributed by atoms with Crippen LogP contribution < -0.4 is 5.32 Å². The van der Waals surface area contributed by atoms with E-state index in [0.717, 1.165) is 12.3 Å². The van der Waals surface area contributed by atoms with Crippen LogP contribution in [-0.4, -0.2) is 17.7 Å². The van der Waals surface area contributed by atoms with Crippen molar-refractivity contribution in [2.24, 2.45) is 5.92 Å². The number of carbonyl (C=O) groups excluding carboxylic acids is 2. The predicted molar refractivity (Wildman–Crippen MR) is 68.7 cm³/mol. The van der Waals surface area contributed by atoms with Gasteiger partial charge in [0, 0.05) is 12.8 Å². The molecule has 0 aromatic rings. The van der Waals surface area contributed by atoms with Crippen molar-refractivity contribution in [3.63, 3.8) is 0 Å². The molecule has 0 radical (unpaired) electrons. The summed E-state index contributed by atoms with van der Waals surface area (Å²) in [6.07, 6.45) is 8.58. The third kappa shape index (κ3) is 5.33. The van der Waals surface area contributed by atoms with E-state index in [1.165, 1.54) is 32.1 Å². The normalized spacial score (nSPS) is 18.7.